The van der Waals surface area contributed by atoms with Gasteiger partial charge in [-0.2, -0.15) is 8.78 Å². The number of hydrogen-bond acceptors (Lipinski definition) is 2. The van der Waals surface area contributed by atoms with E-state index in [-0.39, 0.29) is 19.4 Å². The van der Waals surface area contributed by atoms with Gasteiger partial charge in [-0.15, -0.1) is 0 Å². The zero-order valence-electron chi connectivity index (χ0n) is 8.32. The third-order valence-electron chi connectivity index (χ3n) is 2.91. The molecule has 5 heteroatoms. The van der Waals surface area contributed by atoms with Crippen LogP contribution in [0.4, 0.5) is 8.78 Å². The molecule has 1 N–H and O–H groups in total. The lowest BCUT2D eigenvalue weighted by Gasteiger charge is -2.44. The predicted octanol–water partition coefficient (Wildman–Crippen LogP) is 2.68. The van der Waals surface area contributed by atoms with Crippen LogP contribution in [-0.2, 0) is 4.74 Å². The Morgan fingerprint density at radius 3 is 2.57 bits per heavy atom. The largest absolute Gasteiger partial charge is 0.382 e. The van der Waals surface area contributed by atoms with E-state index in [0.717, 1.165) is 0 Å². The summed E-state index contributed by atoms with van der Waals surface area (Å²) in [6, 6.07) is 0. The molecule has 2 nitrogen and oxygen atoms in total. The topological polar surface area (TPSA) is 29.5 Å². The molecule has 0 aromatic rings. The van der Waals surface area contributed by atoms with Crippen LogP contribution in [0, 0.1) is 0 Å². The van der Waals surface area contributed by atoms with Crippen molar-refractivity contribution in [3.8, 4) is 0 Å². The van der Waals surface area contributed by atoms with E-state index in [1.54, 1.807) is 6.92 Å². The van der Waals surface area contributed by atoms with E-state index in [1.807, 2.05) is 6.92 Å². The van der Waals surface area contributed by atoms with Crippen LogP contribution in [0.3, 0.4) is 0 Å². The van der Waals surface area contributed by atoms with Gasteiger partial charge in [0.2, 0.25) is 0 Å². The second-order valence-electron chi connectivity index (χ2n) is 4.11. The van der Waals surface area contributed by atoms with Crippen LogP contribution in [-0.4, -0.2) is 27.7 Å². The normalized spacial score (nSPS) is 39.9. The summed E-state index contributed by atoms with van der Waals surface area (Å²) in [6.07, 6.45) is 0.522. The molecule has 1 saturated heterocycles. The summed E-state index contributed by atoms with van der Waals surface area (Å²) >= 11 is 2.24. The first-order chi connectivity index (χ1) is 6.22. The molecule has 0 aromatic heterocycles. The summed E-state index contributed by atoms with van der Waals surface area (Å²) in [7, 11) is 0. The number of alkyl halides is 3. The monoisotopic (exact) mass is 272 g/mol. The Labute approximate surface area is 90.8 Å². The molecule has 1 fully saturated rings. The van der Waals surface area contributed by atoms with E-state index in [1.165, 1.54) is 0 Å². The molecule has 0 aliphatic carbocycles. The van der Waals surface area contributed by atoms with Crippen LogP contribution in [0.25, 0.3) is 0 Å². The van der Waals surface area contributed by atoms with E-state index in [2.05, 4.69) is 15.9 Å². The molecule has 0 amide bonds. The minimum Gasteiger partial charge on any atom is -0.382 e. The molecular formula is C9H15BrF2O2. The molecule has 0 spiro atoms. The molecule has 0 saturated carbocycles. The maximum Gasteiger partial charge on any atom is 0.329 e. The number of halogens is 3. The molecule has 2 atom stereocenters. The van der Waals surface area contributed by atoms with Gasteiger partial charge in [-0.25, -0.2) is 0 Å². The van der Waals surface area contributed by atoms with Crippen molar-refractivity contribution in [3.05, 3.63) is 0 Å². The van der Waals surface area contributed by atoms with E-state index < -0.39 is 16.0 Å². The van der Waals surface area contributed by atoms with Crippen molar-refractivity contribution in [1.82, 2.24) is 0 Å². The molecule has 1 aliphatic heterocycles. The first-order valence-corrected chi connectivity index (χ1v) is 5.45. The molecule has 2 unspecified atom stereocenters. The lowest BCUT2D eigenvalue weighted by atomic mass is 9.82. The van der Waals surface area contributed by atoms with E-state index in [0.29, 0.717) is 6.42 Å². The zero-order chi connectivity index (χ0) is 11.0. The van der Waals surface area contributed by atoms with Crippen molar-refractivity contribution in [1.29, 1.82) is 0 Å². The highest BCUT2D eigenvalue weighted by Crippen LogP contribution is 2.46. The van der Waals surface area contributed by atoms with Crippen LogP contribution in [0.2, 0.25) is 0 Å². The van der Waals surface area contributed by atoms with Crippen LogP contribution in [0.5, 0.6) is 0 Å². The molecule has 84 valence electrons. The van der Waals surface area contributed by atoms with Crippen LogP contribution >= 0.6 is 15.9 Å². The second-order valence-corrected chi connectivity index (χ2v) is 5.10. The van der Waals surface area contributed by atoms with E-state index >= 15 is 0 Å². The highest BCUT2D eigenvalue weighted by molar-refractivity contribution is 9.10. The second kappa shape index (κ2) is 3.68. The maximum atomic E-state index is 13.1. The average molecular weight is 273 g/mol. The van der Waals surface area contributed by atoms with Gasteiger partial charge in [0.1, 0.15) is 5.60 Å². The summed E-state index contributed by atoms with van der Waals surface area (Å²) in [6.45, 7) is 3.77. The Balaban J connectivity index is 2.82. The van der Waals surface area contributed by atoms with Gasteiger partial charge in [0.05, 0.1) is 12.2 Å². The van der Waals surface area contributed by atoms with Crippen molar-refractivity contribution in [2.75, 3.05) is 6.61 Å². The first kappa shape index (κ1) is 12.3. The minimum absolute atomic E-state index is 0.0408. The van der Waals surface area contributed by atoms with Gasteiger partial charge in [-0.05, 0) is 29.3 Å². The van der Waals surface area contributed by atoms with Gasteiger partial charge in [0, 0.05) is 12.8 Å². The summed E-state index contributed by atoms with van der Waals surface area (Å²) in [5.74, 6) is 0. The van der Waals surface area contributed by atoms with E-state index in [9.17, 15) is 13.9 Å². The van der Waals surface area contributed by atoms with Gasteiger partial charge in [-0.1, -0.05) is 6.92 Å². The Hall–Kier alpha value is 0.260. The number of ether oxygens (including phenoxy) is 1. The molecule has 1 rings (SSSR count). The van der Waals surface area contributed by atoms with Crippen LogP contribution in [0.1, 0.15) is 33.1 Å². The van der Waals surface area contributed by atoms with Crippen LogP contribution < -0.4 is 0 Å². The Kier molecular flexibility index (Phi) is 3.24. The highest BCUT2D eigenvalue weighted by atomic mass is 79.9. The van der Waals surface area contributed by atoms with Crippen molar-refractivity contribution in [2.45, 2.75) is 49.1 Å². The standard InChI is InChI=1S/C9H15BrF2O2/c1-3-7(2)6-8(13,4-5-14-7)9(10,11)12/h13H,3-6H2,1-2H3. The molecule has 0 radical (unpaired) electrons. The van der Waals surface area contributed by atoms with E-state index in [4.69, 9.17) is 4.74 Å². The fourth-order valence-corrected chi connectivity index (χ4v) is 2.03. The van der Waals surface area contributed by atoms with Gasteiger partial charge in [0.25, 0.3) is 0 Å². The molecule has 1 heterocycles. The summed E-state index contributed by atoms with van der Waals surface area (Å²) in [4.78, 5) is -3.25. The lowest BCUT2D eigenvalue weighted by Crippen LogP contribution is -2.54. The Bertz CT molecular complexity index is 219. The van der Waals surface area contributed by atoms with Crippen molar-refractivity contribution < 1.29 is 18.6 Å². The smallest absolute Gasteiger partial charge is 0.329 e. The summed E-state index contributed by atoms with van der Waals surface area (Å²) in [5.41, 5.74) is -2.64. The quantitative estimate of drug-likeness (QED) is 0.784. The lowest BCUT2D eigenvalue weighted by molar-refractivity contribution is -0.210. The summed E-state index contributed by atoms with van der Waals surface area (Å²) in [5, 5.41) is 9.80. The maximum absolute atomic E-state index is 13.1. The average Bonchev–Trinajstić information content (AvgIpc) is 2.02. The number of aliphatic hydroxyl groups is 1. The molecule has 1 aliphatic rings. The zero-order valence-corrected chi connectivity index (χ0v) is 9.90. The van der Waals surface area contributed by atoms with Crippen molar-refractivity contribution in [2.24, 2.45) is 0 Å². The first-order valence-electron chi connectivity index (χ1n) is 4.65. The van der Waals surface area contributed by atoms with Crippen LogP contribution in [0.15, 0.2) is 0 Å². The number of rotatable bonds is 2. The Morgan fingerprint density at radius 1 is 1.57 bits per heavy atom. The van der Waals surface area contributed by atoms with Crippen molar-refractivity contribution in [3.63, 3.8) is 0 Å². The number of hydrogen-bond donors (Lipinski definition) is 1. The molecule has 14 heavy (non-hydrogen) atoms. The summed E-state index contributed by atoms with van der Waals surface area (Å²) < 4.78 is 31.6. The molecule has 0 aromatic carbocycles. The van der Waals surface area contributed by atoms with Gasteiger partial charge >= 0.3 is 4.83 Å². The highest BCUT2D eigenvalue weighted by Gasteiger charge is 2.55. The molecular weight excluding hydrogens is 258 g/mol. The predicted molar refractivity (Wildman–Crippen MR) is 52.7 cm³/mol. The fourth-order valence-electron chi connectivity index (χ4n) is 1.69. The van der Waals surface area contributed by atoms with Gasteiger partial charge < -0.3 is 9.84 Å². The SMILES string of the molecule is CCC1(C)CC(O)(C(F)(F)Br)CCO1. The van der Waals surface area contributed by atoms with Gasteiger partial charge in [-0.3, -0.25) is 0 Å². The third kappa shape index (κ3) is 2.25. The van der Waals surface area contributed by atoms with Gasteiger partial charge in [0.15, 0.2) is 0 Å². The minimum atomic E-state index is -3.25. The van der Waals surface area contributed by atoms with Crippen molar-refractivity contribution >= 4 is 15.9 Å². The molecule has 0 bridgehead atoms. The fraction of sp³-hybridized carbons (Fsp3) is 1.00. The Morgan fingerprint density at radius 2 is 2.14 bits per heavy atom. The third-order valence-corrected chi connectivity index (χ3v) is 3.65.